The van der Waals surface area contributed by atoms with Gasteiger partial charge in [-0.05, 0) is 70.4 Å². The van der Waals surface area contributed by atoms with Crippen LogP contribution in [0.3, 0.4) is 0 Å². The van der Waals surface area contributed by atoms with E-state index in [2.05, 4.69) is 55.2 Å². The normalized spacial score (nSPS) is 18.0. The van der Waals surface area contributed by atoms with E-state index in [4.69, 9.17) is 9.97 Å². The first-order valence-corrected chi connectivity index (χ1v) is 12.0. The lowest BCUT2D eigenvalue weighted by Gasteiger charge is -2.48. The molecular weight excluding hydrogens is 432 g/mol. The monoisotopic (exact) mass is 462 g/mol. The smallest absolute Gasteiger partial charge is 0.187 e. The number of hydrogen-bond donors (Lipinski definition) is 3. The topological polar surface area (TPSA) is 90.0 Å². The van der Waals surface area contributed by atoms with E-state index in [-0.39, 0.29) is 16.8 Å². The van der Waals surface area contributed by atoms with E-state index in [0.29, 0.717) is 11.6 Å². The van der Waals surface area contributed by atoms with Gasteiger partial charge >= 0.3 is 0 Å². The standard InChI is InChI=1S/C25H30N6OS/c1-24(2)11-17(12-25(3,4)30-24)31(5)23-29-20-9-8-19(28-22(20)33-23)18-7-6-15(10-21(18)32)16-13-26-27-14-16/h6-10,13-14,17,30,32H,11-12H2,1-5H3,(H,26,27). The molecule has 3 aromatic heterocycles. The maximum atomic E-state index is 10.7. The van der Waals surface area contributed by atoms with Gasteiger partial charge in [0.1, 0.15) is 16.1 Å². The van der Waals surface area contributed by atoms with Gasteiger partial charge in [0.2, 0.25) is 0 Å². The number of piperidine rings is 1. The maximum absolute atomic E-state index is 10.7. The van der Waals surface area contributed by atoms with E-state index >= 15 is 0 Å². The minimum absolute atomic E-state index is 0.0723. The Morgan fingerprint density at radius 1 is 1.03 bits per heavy atom. The molecule has 1 fully saturated rings. The highest BCUT2D eigenvalue weighted by atomic mass is 32.1. The minimum Gasteiger partial charge on any atom is -0.507 e. The number of aromatic amines is 1. The number of thiazole rings is 1. The Morgan fingerprint density at radius 3 is 2.45 bits per heavy atom. The van der Waals surface area contributed by atoms with Gasteiger partial charge < -0.3 is 15.3 Å². The lowest BCUT2D eigenvalue weighted by molar-refractivity contribution is 0.161. The number of pyridine rings is 1. The van der Waals surface area contributed by atoms with Crippen LogP contribution in [0, 0.1) is 0 Å². The van der Waals surface area contributed by atoms with Crippen LogP contribution >= 0.6 is 11.3 Å². The summed E-state index contributed by atoms with van der Waals surface area (Å²) in [6.07, 6.45) is 5.65. The van der Waals surface area contributed by atoms with E-state index in [1.54, 1.807) is 29.8 Å². The number of rotatable bonds is 4. The molecule has 0 saturated carbocycles. The van der Waals surface area contributed by atoms with Crippen molar-refractivity contribution < 1.29 is 5.11 Å². The average Bonchev–Trinajstić information content (AvgIpc) is 3.40. The summed E-state index contributed by atoms with van der Waals surface area (Å²) >= 11 is 1.60. The highest BCUT2D eigenvalue weighted by Crippen LogP contribution is 2.37. The van der Waals surface area contributed by atoms with Crippen molar-refractivity contribution in [3.8, 4) is 28.1 Å². The van der Waals surface area contributed by atoms with Crippen molar-refractivity contribution in [2.24, 2.45) is 0 Å². The van der Waals surface area contributed by atoms with Crippen molar-refractivity contribution >= 4 is 26.8 Å². The van der Waals surface area contributed by atoms with Crippen LogP contribution in [0.2, 0.25) is 0 Å². The summed E-state index contributed by atoms with van der Waals surface area (Å²) in [6.45, 7) is 9.08. The Bertz CT molecular complexity index is 1280. The number of fused-ring (bicyclic) bond motifs is 1. The molecule has 0 bridgehead atoms. The molecule has 1 saturated heterocycles. The van der Waals surface area contributed by atoms with E-state index < -0.39 is 0 Å². The Kier molecular flexibility index (Phi) is 5.17. The van der Waals surface area contributed by atoms with Crippen LogP contribution in [0.25, 0.3) is 32.7 Å². The van der Waals surface area contributed by atoms with Crippen LogP contribution in [-0.4, -0.2) is 49.4 Å². The molecule has 172 valence electrons. The molecule has 4 heterocycles. The molecule has 0 amide bonds. The van der Waals surface area contributed by atoms with Gasteiger partial charge in [-0.1, -0.05) is 17.4 Å². The molecular formula is C25H30N6OS. The SMILES string of the molecule is CN(c1nc2ccc(-c3ccc(-c4cn[nH]c4)cc3O)nc2s1)C1CC(C)(C)NC(C)(C)C1. The van der Waals surface area contributed by atoms with Crippen molar-refractivity contribution in [1.82, 2.24) is 25.5 Å². The second-order valence-corrected chi connectivity index (χ2v) is 11.3. The Morgan fingerprint density at radius 2 is 1.79 bits per heavy atom. The number of nitrogens with zero attached hydrogens (tertiary/aromatic N) is 4. The third-order valence-electron chi connectivity index (χ3n) is 6.37. The quantitative estimate of drug-likeness (QED) is 0.386. The first-order valence-electron chi connectivity index (χ1n) is 11.2. The highest BCUT2D eigenvalue weighted by molar-refractivity contribution is 7.21. The van der Waals surface area contributed by atoms with Gasteiger partial charge in [0.15, 0.2) is 5.13 Å². The molecule has 0 unspecified atom stereocenters. The maximum Gasteiger partial charge on any atom is 0.187 e. The molecule has 4 aromatic rings. The fourth-order valence-electron chi connectivity index (χ4n) is 5.14. The number of benzene rings is 1. The predicted octanol–water partition coefficient (Wildman–Crippen LogP) is 5.20. The Balaban J connectivity index is 1.44. The van der Waals surface area contributed by atoms with E-state index in [0.717, 1.165) is 45.1 Å². The number of hydrogen-bond acceptors (Lipinski definition) is 7. The number of anilines is 1. The molecule has 5 rings (SSSR count). The van der Waals surface area contributed by atoms with Gasteiger partial charge in [-0.3, -0.25) is 5.10 Å². The van der Waals surface area contributed by atoms with Crippen LogP contribution in [0.4, 0.5) is 5.13 Å². The van der Waals surface area contributed by atoms with E-state index in [1.807, 2.05) is 24.3 Å². The van der Waals surface area contributed by atoms with E-state index in [9.17, 15) is 5.11 Å². The molecule has 0 aliphatic carbocycles. The number of nitrogens with one attached hydrogen (secondary N) is 2. The number of aromatic hydroxyl groups is 1. The molecule has 7 nitrogen and oxygen atoms in total. The van der Waals surface area contributed by atoms with Crippen molar-refractivity contribution in [2.45, 2.75) is 57.7 Å². The summed E-state index contributed by atoms with van der Waals surface area (Å²) in [5, 5.41) is 22.2. The number of phenolic OH excluding ortho intramolecular Hbond substituents is 1. The predicted molar refractivity (Wildman–Crippen MR) is 135 cm³/mol. The second-order valence-electron chi connectivity index (χ2n) is 10.3. The zero-order valence-electron chi connectivity index (χ0n) is 19.7. The van der Waals surface area contributed by atoms with Gasteiger partial charge in [-0.15, -0.1) is 0 Å². The molecule has 8 heteroatoms. The zero-order valence-corrected chi connectivity index (χ0v) is 20.5. The largest absolute Gasteiger partial charge is 0.507 e. The summed E-state index contributed by atoms with van der Waals surface area (Å²) < 4.78 is 0. The molecule has 0 radical (unpaired) electrons. The molecule has 1 aliphatic heterocycles. The molecule has 0 spiro atoms. The summed E-state index contributed by atoms with van der Waals surface area (Å²) in [5.41, 5.74) is 4.30. The lowest BCUT2D eigenvalue weighted by atomic mass is 9.79. The van der Waals surface area contributed by atoms with Gasteiger partial charge in [-0.2, -0.15) is 5.10 Å². The summed E-state index contributed by atoms with van der Waals surface area (Å²) in [5.74, 6) is 0.196. The fraction of sp³-hybridized carbons (Fsp3) is 0.400. The van der Waals surface area contributed by atoms with Crippen molar-refractivity contribution in [3.05, 3.63) is 42.7 Å². The lowest BCUT2D eigenvalue weighted by Crippen LogP contribution is -2.61. The minimum atomic E-state index is 0.0723. The molecule has 1 aromatic carbocycles. The van der Waals surface area contributed by atoms with Crippen LogP contribution in [0.15, 0.2) is 42.7 Å². The summed E-state index contributed by atoms with van der Waals surface area (Å²) in [4.78, 5) is 12.9. The van der Waals surface area contributed by atoms with Crippen LogP contribution in [0.1, 0.15) is 40.5 Å². The first-order chi connectivity index (χ1) is 15.6. The van der Waals surface area contributed by atoms with Gasteiger partial charge in [-0.25, -0.2) is 9.97 Å². The van der Waals surface area contributed by atoms with Gasteiger partial charge in [0.25, 0.3) is 0 Å². The Hall–Kier alpha value is -2.97. The number of H-pyrrole nitrogens is 1. The number of aromatic nitrogens is 4. The molecule has 3 N–H and O–H groups in total. The van der Waals surface area contributed by atoms with Crippen molar-refractivity contribution in [2.75, 3.05) is 11.9 Å². The van der Waals surface area contributed by atoms with E-state index in [1.165, 1.54) is 0 Å². The van der Waals surface area contributed by atoms with Gasteiger partial charge in [0.05, 0.1) is 11.9 Å². The second kappa shape index (κ2) is 7.81. The third-order valence-corrected chi connectivity index (χ3v) is 7.42. The zero-order chi connectivity index (χ0) is 23.4. The van der Waals surface area contributed by atoms with Crippen molar-refractivity contribution in [1.29, 1.82) is 0 Å². The highest BCUT2D eigenvalue weighted by Gasteiger charge is 2.39. The molecule has 33 heavy (non-hydrogen) atoms. The van der Waals surface area contributed by atoms with Crippen LogP contribution < -0.4 is 10.2 Å². The number of phenols is 1. The average molecular weight is 463 g/mol. The van der Waals surface area contributed by atoms with Crippen LogP contribution in [-0.2, 0) is 0 Å². The fourth-order valence-corrected chi connectivity index (χ4v) is 6.11. The Labute approximate surface area is 197 Å². The van der Waals surface area contributed by atoms with Gasteiger partial charge in [0, 0.05) is 41.5 Å². The molecule has 1 aliphatic rings. The molecule has 0 atom stereocenters. The summed E-state index contributed by atoms with van der Waals surface area (Å²) in [7, 11) is 2.14. The third kappa shape index (κ3) is 4.32. The summed E-state index contributed by atoms with van der Waals surface area (Å²) in [6, 6.07) is 9.94. The first kappa shape index (κ1) is 21.9. The van der Waals surface area contributed by atoms with Crippen LogP contribution in [0.5, 0.6) is 5.75 Å². The van der Waals surface area contributed by atoms with Crippen molar-refractivity contribution in [3.63, 3.8) is 0 Å².